The lowest BCUT2D eigenvalue weighted by molar-refractivity contribution is 0.0684. The molecule has 0 aliphatic carbocycles. The highest BCUT2D eigenvalue weighted by Gasteiger charge is 2.36. The lowest BCUT2D eigenvalue weighted by Crippen LogP contribution is -2.37. The van der Waals surface area contributed by atoms with Gasteiger partial charge in [0.15, 0.2) is 17.9 Å². The van der Waals surface area contributed by atoms with E-state index in [2.05, 4.69) is 36.8 Å². The highest BCUT2D eigenvalue weighted by molar-refractivity contribution is 9.10. The van der Waals surface area contributed by atoms with Crippen molar-refractivity contribution < 1.29 is 48.9 Å². The highest BCUT2D eigenvalue weighted by atomic mass is 79.9. The minimum atomic E-state index is -1.61. The van der Waals surface area contributed by atoms with Crippen LogP contribution < -0.4 is 35.8 Å². The van der Waals surface area contributed by atoms with Gasteiger partial charge in [-0.05, 0) is 288 Å². The van der Waals surface area contributed by atoms with Gasteiger partial charge in [-0.1, -0.05) is 35.3 Å². The maximum Gasteiger partial charge on any atom is 0.277 e. The molecule has 1 aliphatic heterocycles. The van der Waals surface area contributed by atoms with Crippen LogP contribution in [0.1, 0.15) is 170 Å². The molecule has 0 spiro atoms. The van der Waals surface area contributed by atoms with Crippen molar-refractivity contribution in [2.24, 2.45) is 0 Å². The fourth-order valence-electron chi connectivity index (χ4n) is 16.6. The molecule has 5 N–H and O–H groups in total. The van der Waals surface area contributed by atoms with E-state index >= 15 is 9.59 Å². The molecule has 0 fully saturated rings. The van der Waals surface area contributed by atoms with Gasteiger partial charge in [-0.3, -0.25) is 68.0 Å². The number of rotatable bonds is 27. The van der Waals surface area contributed by atoms with Gasteiger partial charge in [0.05, 0.1) is 108 Å². The number of aromatic nitrogens is 17. The summed E-state index contributed by atoms with van der Waals surface area (Å²) in [5, 5.41) is 57.6. The molecule has 16 rings (SSSR count). The van der Waals surface area contributed by atoms with Gasteiger partial charge in [0.25, 0.3) is 16.7 Å². The minimum Gasteiger partial charge on any atom is -0.486 e. The second-order valence-corrected chi connectivity index (χ2v) is 39.3. The van der Waals surface area contributed by atoms with Crippen LogP contribution in [0.2, 0.25) is 5.02 Å². The molecule has 722 valence electrons. The number of aliphatic hydroxyl groups is 5. The number of aliphatic hydroxyl groups excluding tert-OH is 1. The largest absolute Gasteiger partial charge is 0.486 e. The maximum absolute atomic E-state index is 15.1. The fourth-order valence-corrected chi connectivity index (χ4v) is 17.8. The molecule has 16 heterocycles. The van der Waals surface area contributed by atoms with Crippen LogP contribution in [0.3, 0.4) is 0 Å². The average Bonchev–Trinajstić information content (AvgIpc) is 0.759. The Kier molecular flexibility index (Phi) is 28.0. The smallest absolute Gasteiger partial charge is 0.277 e. The Balaban J connectivity index is 0.646. The van der Waals surface area contributed by atoms with Crippen LogP contribution in [0.5, 0.6) is 17.2 Å². The molecule has 0 saturated carbocycles. The quantitative estimate of drug-likeness (QED) is 0.0319. The third kappa shape index (κ3) is 20.1. The third-order valence-corrected chi connectivity index (χ3v) is 26.5. The molecule has 1 atom stereocenters. The van der Waals surface area contributed by atoms with E-state index in [1.807, 2.05) is 86.6 Å². The van der Waals surface area contributed by atoms with Crippen molar-refractivity contribution in [3.63, 3.8) is 0 Å². The van der Waals surface area contributed by atoms with Crippen LogP contribution in [0.25, 0.3) is 96.3 Å². The van der Waals surface area contributed by atoms with Crippen molar-refractivity contribution in [3.05, 3.63) is 340 Å². The first-order chi connectivity index (χ1) is 66.6. The summed E-state index contributed by atoms with van der Waals surface area (Å²) in [5.41, 5.74) is 10.4. The van der Waals surface area contributed by atoms with E-state index < -0.39 is 45.6 Å². The molecule has 15 aromatic rings. The number of pyridine rings is 13. The molecule has 30 nitrogen and oxygen atoms in total. The number of allylic oxidation sites excluding steroid dienone is 2. The summed E-state index contributed by atoms with van der Waals surface area (Å²) in [6, 6.07) is 31.2. The lowest BCUT2D eigenvalue weighted by atomic mass is 9.93. The number of hydrogen-bond donors (Lipinski definition) is 5. The molecule has 0 radical (unpaired) electrons. The molecule has 0 saturated heterocycles. The molecular formula is C106H101Br2Cl2FN18O12. The Morgan fingerprint density at radius 2 is 0.752 bits per heavy atom. The van der Waals surface area contributed by atoms with E-state index in [1.165, 1.54) is 27.5 Å². The zero-order valence-corrected chi connectivity index (χ0v) is 85.7. The number of halogens is 5. The minimum absolute atomic E-state index is 0.0415. The Morgan fingerprint density at radius 3 is 1.20 bits per heavy atom. The molecule has 0 bridgehead atoms. The van der Waals surface area contributed by atoms with Crippen LogP contribution in [0, 0.1) is 82.0 Å². The van der Waals surface area contributed by atoms with Gasteiger partial charge < -0.3 is 49.4 Å². The van der Waals surface area contributed by atoms with Gasteiger partial charge in [-0.15, -0.1) is 0 Å². The summed E-state index contributed by atoms with van der Waals surface area (Å²) in [4.78, 5) is 114. The molecule has 0 aromatic carbocycles. The number of aryl methyl sites for hydroxylation is 8. The Bertz CT molecular complexity index is 7860. The zero-order valence-electron chi connectivity index (χ0n) is 81.0. The molecule has 0 amide bonds. The van der Waals surface area contributed by atoms with Crippen LogP contribution >= 0.6 is 55.1 Å². The van der Waals surface area contributed by atoms with Crippen molar-refractivity contribution in [3.8, 4) is 114 Å². The van der Waals surface area contributed by atoms with Crippen LogP contribution in [0.4, 0.5) is 10.1 Å². The topological polar surface area (TPSA) is 388 Å². The number of hydrogen-bond acceptors (Lipinski definition) is 27. The van der Waals surface area contributed by atoms with E-state index in [9.17, 15) is 34.7 Å². The van der Waals surface area contributed by atoms with Gasteiger partial charge in [0, 0.05) is 124 Å². The Labute approximate surface area is 838 Å². The van der Waals surface area contributed by atoms with Gasteiger partial charge in [-0.2, -0.15) is 0 Å². The first-order valence-electron chi connectivity index (χ1n) is 45.0. The zero-order chi connectivity index (χ0) is 101. The predicted octanol–water partition coefficient (Wildman–Crippen LogP) is 19.4. The maximum atomic E-state index is 15.1. The molecule has 1 aliphatic rings. The highest BCUT2D eigenvalue weighted by Crippen LogP contribution is 2.44. The van der Waals surface area contributed by atoms with Gasteiger partial charge in [0.2, 0.25) is 0 Å². The summed E-state index contributed by atoms with van der Waals surface area (Å²) in [6.07, 6.45) is 13.1. The molecule has 1 unspecified atom stereocenters. The van der Waals surface area contributed by atoms with E-state index in [1.54, 1.807) is 208 Å². The van der Waals surface area contributed by atoms with E-state index in [-0.39, 0.29) is 91.3 Å². The van der Waals surface area contributed by atoms with Crippen molar-refractivity contribution in [1.29, 1.82) is 0 Å². The summed E-state index contributed by atoms with van der Waals surface area (Å²) in [6.45, 7) is 34.0. The SMILES string of the molecule is CC1=CC(OCc2ncccc2F)=C(Cl)C(O)N1c1cc(-c2nc(C(C)(C)O)nc(-c3cccnc3COc3cc(C)n(-c4cc(-c5nc(C(C)(C)O)nc(-c6cccnc6COc6cc(C)n(-c7cc(-c8nc(C(C)(C)O)cc(-c9cccnc9COc9cc(C)n(-c%10cc(-c%11nc(C(C)(C)O)ccc%11C)ncc%10C)c(=O)c9Br)c8C)ncc7C)c(=O)c6Cl)c5C)ncc4C)c(=O)c3Br)c2C)ncc1C. The summed E-state index contributed by atoms with van der Waals surface area (Å²) < 4.78 is 44.9. The van der Waals surface area contributed by atoms with Crippen LogP contribution in [0.15, 0.2) is 205 Å². The van der Waals surface area contributed by atoms with Crippen LogP contribution in [-0.4, -0.2) is 115 Å². The first kappa shape index (κ1) is 100. The molecule has 35 heteroatoms. The van der Waals surface area contributed by atoms with Gasteiger partial charge >= 0.3 is 0 Å². The van der Waals surface area contributed by atoms with E-state index in [4.69, 9.17) is 107 Å². The second kappa shape index (κ2) is 39.4. The third-order valence-electron chi connectivity index (χ3n) is 24.4. The van der Waals surface area contributed by atoms with E-state index in [0.29, 0.717) is 187 Å². The summed E-state index contributed by atoms with van der Waals surface area (Å²) in [5.74, 6) is 0.230. The number of ether oxygens (including phenoxy) is 4. The summed E-state index contributed by atoms with van der Waals surface area (Å²) >= 11 is 21.2. The first-order valence-corrected chi connectivity index (χ1v) is 47.3. The van der Waals surface area contributed by atoms with E-state index in [0.717, 1.165) is 11.1 Å². The monoisotopic (exact) mass is 2060 g/mol. The molecule has 15 aromatic heterocycles. The van der Waals surface area contributed by atoms with Gasteiger partial charge in [-0.25, -0.2) is 34.3 Å². The predicted molar refractivity (Wildman–Crippen MR) is 543 cm³/mol. The normalized spacial score (nSPS) is 13.2. The van der Waals surface area contributed by atoms with Crippen LogP contribution in [-0.2, 0) is 53.6 Å². The fraction of sp³-hybridized carbons (Fsp3) is 0.274. The standard InChI is InChI=1S/C106H101Br2Cl2FN18O12/c1-52-29-30-85(103(13,14)134)120-91(52)69-40-77(53(2)44-116-69)126-57(6)35-81(87(107)97(126)130)138-48-73-64(25-21-31-112-73)67-39-86(104(15,16)135)121-94(61(67)10)70-41-79(55(4)46-117-70)128-59(8)37-83(89(109)99(128)132)140-50-75-66(27-23-33-114-75)93-63(12)95(124-102(123-93)106(19,20)137)71-42-78(54(3)45-118-71)127-58(7)36-82(88(108)98(127)131)139-49-74-65(26-22-32-113-74)92-62(11)96(125-101(122-92)105(17,18)136)72-43-80(56(5)47-119-72)129-60(9)38-84(90(110)100(129)133)141-51-76-68(111)28-24-34-115-76/h21-47,100,133-137H,48-51H2,1-20H3. The second-order valence-electron chi connectivity index (χ2n) is 36.9. The molecular weight excluding hydrogens is 1970 g/mol. The van der Waals surface area contributed by atoms with Crippen molar-refractivity contribution in [2.45, 2.75) is 194 Å². The summed E-state index contributed by atoms with van der Waals surface area (Å²) in [7, 11) is 0. The number of anilines is 1. The Hall–Kier alpha value is -13.7. The lowest BCUT2D eigenvalue weighted by Gasteiger charge is -2.35. The van der Waals surface area contributed by atoms with Crippen molar-refractivity contribution in [1.82, 2.24) is 83.5 Å². The van der Waals surface area contributed by atoms with Crippen molar-refractivity contribution in [2.75, 3.05) is 4.90 Å². The average molecular weight is 2070 g/mol. The Morgan fingerprint density at radius 1 is 0.383 bits per heavy atom. The van der Waals surface area contributed by atoms with Gasteiger partial charge in [0.1, 0.15) is 102 Å². The number of nitrogens with zero attached hydrogens (tertiary/aromatic N) is 18. The van der Waals surface area contributed by atoms with Crippen molar-refractivity contribution >= 4 is 60.7 Å². The molecule has 141 heavy (non-hydrogen) atoms.